The van der Waals surface area contributed by atoms with Gasteiger partial charge in [0.2, 0.25) is 0 Å². The summed E-state index contributed by atoms with van der Waals surface area (Å²) in [5, 5.41) is 11.7. The molecule has 10 heteroatoms. The summed E-state index contributed by atoms with van der Waals surface area (Å²) in [5.41, 5.74) is 7.34. The molecule has 2 aromatic heterocycles. The number of aromatic amines is 1. The lowest BCUT2D eigenvalue weighted by atomic mass is 9.82. The fourth-order valence-corrected chi connectivity index (χ4v) is 4.29. The van der Waals surface area contributed by atoms with Crippen molar-refractivity contribution in [3.63, 3.8) is 0 Å². The Hall–Kier alpha value is -3.66. The molecule has 2 aromatic carbocycles. The van der Waals surface area contributed by atoms with Crippen molar-refractivity contribution in [1.82, 2.24) is 25.0 Å². The largest absolute Gasteiger partial charge is 0.350 e. The number of benzene rings is 2. The van der Waals surface area contributed by atoms with Gasteiger partial charge in [0.05, 0.1) is 35.4 Å². The minimum atomic E-state index is -0.562. The number of nitrogens with one attached hydrogen (secondary N) is 1. The smallest absolute Gasteiger partial charge is 0.272 e. The predicted octanol–water partition coefficient (Wildman–Crippen LogP) is 1.94. The summed E-state index contributed by atoms with van der Waals surface area (Å²) >= 11 is 0. The first-order chi connectivity index (χ1) is 14.5. The maximum absolute atomic E-state index is 14.4. The Labute approximate surface area is 169 Å². The fourth-order valence-electron chi connectivity index (χ4n) is 4.29. The summed E-state index contributed by atoms with van der Waals surface area (Å²) in [4.78, 5) is 18.6. The molecular formula is C20H17F2N7O. The fraction of sp³-hybridized carbons (Fsp3) is 0.200. The molecule has 0 bridgehead atoms. The molecule has 0 saturated carbocycles. The summed E-state index contributed by atoms with van der Waals surface area (Å²) < 4.78 is 29.7. The predicted molar refractivity (Wildman–Crippen MR) is 106 cm³/mol. The third kappa shape index (κ3) is 2.61. The molecule has 152 valence electrons. The molecule has 2 atom stereocenters. The van der Waals surface area contributed by atoms with Crippen LogP contribution in [0.4, 0.5) is 14.5 Å². The van der Waals surface area contributed by atoms with Crippen LogP contribution in [0.2, 0.25) is 0 Å². The first-order valence-electron chi connectivity index (χ1n) is 9.27. The van der Waals surface area contributed by atoms with Crippen LogP contribution in [0.25, 0.3) is 10.8 Å². The third-order valence-electron chi connectivity index (χ3n) is 5.55. The highest BCUT2D eigenvalue weighted by Crippen LogP contribution is 2.49. The van der Waals surface area contributed by atoms with Crippen LogP contribution in [0, 0.1) is 11.6 Å². The van der Waals surface area contributed by atoms with Crippen LogP contribution in [-0.2, 0) is 7.05 Å². The second-order valence-electron chi connectivity index (χ2n) is 7.15. The summed E-state index contributed by atoms with van der Waals surface area (Å²) in [7, 11) is 1.75. The summed E-state index contributed by atoms with van der Waals surface area (Å²) in [6.07, 6.45) is 1.42. The zero-order valence-electron chi connectivity index (χ0n) is 15.9. The molecule has 1 aliphatic rings. The van der Waals surface area contributed by atoms with Crippen molar-refractivity contribution in [3.8, 4) is 0 Å². The van der Waals surface area contributed by atoms with Gasteiger partial charge in [0.15, 0.2) is 0 Å². The van der Waals surface area contributed by atoms with Gasteiger partial charge in [-0.05, 0) is 29.8 Å². The van der Waals surface area contributed by atoms with Crippen LogP contribution in [0.3, 0.4) is 0 Å². The van der Waals surface area contributed by atoms with Crippen LogP contribution in [0.1, 0.15) is 29.0 Å². The van der Waals surface area contributed by atoms with E-state index in [0.29, 0.717) is 22.6 Å². The molecule has 30 heavy (non-hydrogen) atoms. The Balaban J connectivity index is 1.89. The van der Waals surface area contributed by atoms with Crippen molar-refractivity contribution < 1.29 is 8.78 Å². The first-order valence-corrected chi connectivity index (χ1v) is 9.27. The molecule has 3 N–H and O–H groups in total. The van der Waals surface area contributed by atoms with E-state index < -0.39 is 23.3 Å². The van der Waals surface area contributed by atoms with Crippen molar-refractivity contribution in [3.05, 3.63) is 81.8 Å². The summed E-state index contributed by atoms with van der Waals surface area (Å²) in [6.45, 7) is 0.0290. The third-order valence-corrected chi connectivity index (χ3v) is 5.55. The number of nitrogens with two attached hydrogens (primary N) is 1. The van der Waals surface area contributed by atoms with Gasteiger partial charge in [-0.2, -0.15) is 10.2 Å². The van der Waals surface area contributed by atoms with Crippen LogP contribution >= 0.6 is 0 Å². The first kappa shape index (κ1) is 18.4. The van der Waals surface area contributed by atoms with Gasteiger partial charge in [-0.3, -0.25) is 9.48 Å². The average Bonchev–Trinajstić information content (AvgIpc) is 3.15. The van der Waals surface area contributed by atoms with E-state index in [9.17, 15) is 13.6 Å². The van der Waals surface area contributed by atoms with E-state index in [0.717, 1.165) is 5.56 Å². The molecule has 8 nitrogen and oxygen atoms in total. The van der Waals surface area contributed by atoms with E-state index in [2.05, 4.69) is 20.3 Å². The second-order valence-corrected chi connectivity index (χ2v) is 7.15. The SMILES string of the molecule is Cn1ncnc1C1c2n[nH]c(=O)c3cc(F)cc(c23)N(CN)C1c1ccc(F)cc1. The van der Waals surface area contributed by atoms with Gasteiger partial charge in [0, 0.05) is 12.4 Å². The highest BCUT2D eigenvalue weighted by Gasteiger charge is 2.41. The maximum atomic E-state index is 14.4. The van der Waals surface area contributed by atoms with Crippen molar-refractivity contribution >= 4 is 16.5 Å². The number of rotatable bonds is 3. The molecule has 0 radical (unpaired) electrons. The number of H-pyrrole nitrogens is 1. The monoisotopic (exact) mass is 409 g/mol. The van der Waals surface area contributed by atoms with Crippen molar-refractivity contribution in [2.24, 2.45) is 12.8 Å². The van der Waals surface area contributed by atoms with Gasteiger partial charge in [0.25, 0.3) is 5.56 Å². The maximum Gasteiger partial charge on any atom is 0.272 e. The standard InChI is InChI=1S/C20H17F2N7O/c1-28-19(24-9-25-28)16-17-15-13(20(30)27-26-17)6-12(22)7-14(15)29(8-23)18(16)10-2-4-11(21)5-3-10/h2-7,9,16,18H,8,23H2,1H3,(H,27,30). The normalized spacial score (nSPS) is 18.2. The highest BCUT2D eigenvalue weighted by atomic mass is 19.1. The Kier molecular flexibility index (Phi) is 4.10. The Morgan fingerprint density at radius 3 is 2.60 bits per heavy atom. The van der Waals surface area contributed by atoms with Crippen LogP contribution < -0.4 is 16.2 Å². The topological polar surface area (TPSA) is 106 Å². The Bertz CT molecular complexity index is 1320. The Morgan fingerprint density at radius 1 is 1.17 bits per heavy atom. The molecular weight excluding hydrogens is 392 g/mol. The Morgan fingerprint density at radius 2 is 1.93 bits per heavy atom. The molecule has 0 fully saturated rings. The number of nitrogens with zero attached hydrogens (tertiary/aromatic N) is 5. The molecule has 1 aliphatic heterocycles. The van der Waals surface area contributed by atoms with Crippen molar-refractivity contribution in [1.29, 1.82) is 0 Å². The van der Waals surface area contributed by atoms with E-state index in [1.807, 2.05) is 0 Å². The number of halogens is 2. The van der Waals surface area contributed by atoms with Gasteiger partial charge in [-0.1, -0.05) is 12.1 Å². The number of aryl methyl sites for hydroxylation is 1. The van der Waals surface area contributed by atoms with Crippen molar-refractivity contribution in [2.75, 3.05) is 11.6 Å². The van der Waals surface area contributed by atoms with Crippen LogP contribution in [0.15, 0.2) is 47.5 Å². The van der Waals surface area contributed by atoms with Gasteiger partial charge in [0.1, 0.15) is 23.8 Å². The van der Waals surface area contributed by atoms with Crippen LogP contribution in [0.5, 0.6) is 0 Å². The van der Waals surface area contributed by atoms with E-state index >= 15 is 0 Å². The lowest BCUT2D eigenvalue weighted by molar-refractivity contribution is 0.499. The number of hydrogen-bond acceptors (Lipinski definition) is 6. The second kappa shape index (κ2) is 6.70. The van der Waals surface area contributed by atoms with Gasteiger partial charge in [-0.25, -0.2) is 18.9 Å². The zero-order chi connectivity index (χ0) is 21.0. The van der Waals surface area contributed by atoms with E-state index in [1.54, 1.807) is 28.8 Å². The minimum Gasteiger partial charge on any atom is -0.350 e. The molecule has 0 aliphatic carbocycles. The van der Waals surface area contributed by atoms with Crippen molar-refractivity contribution in [2.45, 2.75) is 12.0 Å². The summed E-state index contributed by atoms with van der Waals surface area (Å²) in [5.74, 6) is -0.851. The molecule has 5 rings (SSSR count). The lowest BCUT2D eigenvalue weighted by Gasteiger charge is -2.42. The molecule has 0 amide bonds. The van der Waals surface area contributed by atoms with Gasteiger partial charge in [-0.15, -0.1) is 0 Å². The minimum absolute atomic E-state index is 0.0290. The summed E-state index contributed by atoms with van der Waals surface area (Å²) in [6, 6.07) is 8.06. The molecule has 0 saturated heterocycles. The van der Waals surface area contributed by atoms with Crippen LogP contribution in [-0.4, -0.2) is 31.6 Å². The van der Waals surface area contributed by atoms with E-state index in [-0.39, 0.29) is 17.9 Å². The molecule has 2 unspecified atom stereocenters. The van der Waals surface area contributed by atoms with Gasteiger partial charge < -0.3 is 10.6 Å². The molecule has 3 heterocycles. The van der Waals surface area contributed by atoms with E-state index in [4.69, 9.17) is 5.73 Å². The number of anilines is 1. The molecule has 0 spiro atoms. The molecule has 4 aromatic rings. The van der Waals surface area contributed by atoms with Gasteiger partial charge >= 0.3 is 0 Å². The number of aromatic nitrogens is 5. The average molecular weight is 409 g/mol. The quantitative estimate of drug-likeness (QED) is 0.536. The lowest BCUT2D eigenvalue weighted by Crippen LogP contribution is -2.42. The number of hydrogen-bond donors (Lipinski definition) is 2. The van der Waals surface area contributed by atoms with E-state index in [1.165, 1.54) is 30.6 Å². The zero-order valence-corrected chi connectivity index (χ0v) is 15.9. The highest BCUT2D eigenvalue weighted by molar-refractivity contribution is 5.97.